The number of hydrogen-bond donors (Lipinski definition) is 1. The molecule has 33 heavy (non-hydrogen) atoms. The van der Waals surface area contributed by atoms with Crippen molar-refractivity contribution < 1.29 is 24.2 Å². The van der Waals surface area contributed by atoms with Crippen LogP contribution in [-0.2, 0) is 22.7 Å². The second kappa shape index (κ2) is 9.91. The van der Waals surface area contributed by atoms with Gasteiger partial charge in [0.1, 0.15) is 24.4 Å². The van der Waals surface area contributed by atoms with E-state index in [0.717, 1.165) is 29.0 Å². The third-order valence-electron chi connectivity index (χ3n) is 4.34. The van der Waals surface area contributed by atoms with Gasteiger partial charge in [0, 0.05) is 17.7 Å². The summed E-state index contributed by atoms with van der Waals surface area (Å²) in [5.41, 5.74) is -1.80. The van der Waals surface area contributed by atoms with Gasteiger partial charge in [-0.05, 0) is 5.56 Å². The van der Waals surface area contributed by atoms with Crippen LogP contribution in [0.25, 0.3) is 11.4 Å². The standard InChI is InChI=1S/C20H15N5O8/c26-7-6-23-18(14-8-15(24(29)30)10-16(9-14)25(31)32)21-11-17(19(23)27)22-20(28)33-12-13-4-2-1-3-5-13/h1-5,7-11H,6,12H2,(H,22,28). The first kappa shape index (κ1) is 22.7. The van der Waals surface area contributed by atoms with E-state index < -0.39 is 39.4 Å². The molecule has 1 N–H and O–H groups in total. The van der Waals surface area contributed by atoms with Crippen LogP contribution < -0.4 is 10.9 Å². The first-order chi connectivity index (χ1) is 15.8. The maximum absolute atomic E-state index is 12.8. The van der Waals surface area contributed by atoms with Crippen LogP contribution in [0.3, 0.4) is 0 Å². The summed E-state index contributed by atoms with van der Waals surface area (Å²) in [6.07, 6.45) is 0.387. The number of nitro benzene ring substituents is 2. The summed E-state index contributed by atoms with van der Waals surface area (Å²) in [5.74, 6) is -0.234. The SMILES string of the molecule is O=CCn1c(-c2cc([N+](=O)[O-])cc([N+](=O)[O-])c2)ncc(NC(=O)OCc2ccccc2)c1=O. The first-order valence-electron chi connectivity index (χ1n) is 9.25. The van der Waals surface area contributed by atoms with Crippen LogP contribution in [0.5, 0.6) is 0 Å². The van der Waals surface area contributed by atoms with E-state index in [1.54, 1.807) is 30.3 Å². The molecular formula is C20H15N5O8. The van der Waals surface area contributed by atoms with E-state index in [1.165, 1.54) is 0 Å². The predicted octanol–water partition coefficient (Wildman–Crippen LogP) is 2.67. The fourth-order valence-corrected chi connectivity index (χ4v) is 2.86. The summed E-state index contributed by atoms with van der Waals surface area (Å²) < 4.78 is 5.86. The minimum absolute atomic E-state index is 0.0575. The fraction of sp³-hybridized carbons (Fsp3) is 0.100. The Morgan fingerprint density at radius 1 is 1.09 bits per heavy atom. The van der Waals surface area contributed by atoms with Gasteiger partial charge < -0.3 is 9.53 Å². The van der Waals surface area contributed by atoms with Gasteiger partial charge in [-0.3, -0.25) is 34.9 Å². The molecule has 3 aromatic rings. The average Bonchev–Trinajstić information content (AvgIpc) is 2.80. The zero-order valence-corrected chi connectivity index (χ0v) is 16.7. The zero-order chi connectivity index (χ0) is 24.0. The Morgan fingerprint density at radius 3 is 2.30 bits per heavy atom. The van der Waals surface area contributed by atoms with E-state index in [-0.39, 0.29) is 23.7 Å². The highest BCUT2D eigenvalue weighted by Gasteiger charge is 2.21. The normalized spacial score (nSPS) is 10.3. The lowest BCUT2D eigenvalue weighted by Crippen LogP contribution is -2.28. The van der Waals surface area contributed by atoms with Gasteiger partial charge in [0.25, 0.3) is 16.9 Å². The number of nitrogens with one attached hydrogen (secondary N) is 1. The first-order valence-corrected chi connectivity index (χ1v) is 9.25. The Labute approximate surface area is 184 Å². The van der Waals surface area contributed by atoms with Gasteiger partial charge in [0.2, 0.25) is 0 Å². The van der Waals surface area contributed by atoms with Crippen LogP contribution in [0.1, 0.15) is 5.56 Å². The van der Waals surface area contributed by atoms with Crippen molar-refractivity contribution in [2.75, 3.05) is 5.32 Å². The Kier molecular flexibility index (Phi) is 6.83. The molecule has 1 aromatic heterocycles. The summed E-state index contributed by atoms with van der Waals surface area (Å²) >= 11 is 0. The van der Waals surface area contributed by atoms with Gasteiger partial charge in [0.15, 0.2) is 0 Å². The second-order valence-corrected chi connectivity index (χ2v) is 6.52. The summed E-state index contributed by atoms with van der Waals surface area (Å²) in [6, 6.07) is 11.5. The topological polar surface area (TPSA) is 177 Å². The molecule has 168 valence electrons. The number of aromatic nitrogens is 2. The number of carbonyl (C=O) groups excluding carboxylic acids is 2. The van der Waals surface area contributed by atoms with E-state index in [1.807, 2.05) is 0 Å². The van der Waals surface area contributed by atoms with E-state index in [2.05, 4.69) is 10.3 Å². The molecule has 13 heteroatoms. The van der Waals surface area contributed by atoms with Crippen LogP contribution in [0.2, 0.25) is 0 Å². The van der Waals surface area contributed by atoms with Crippen LogP contribution in [0, 0.1) is 20.2 Å². The highest BCUT2D eigenvalue weighted by molar-refractivity contribution is 5.84. The summed E-state index contributed by atoms with van der Waals surface area (Å²) in [7, 11) is 0. The number of rotatable bonds is 8. The summed E-state index contributed by atoms with van der Waals surface area (Å²) in [5, 5.41) is 24.5. The van der Waals surface area contributed by atoms with Crippen molar-refractivity contribution in [3.63, 3.8) is 0 Å². The molecular weight excluding hydrogens is 438 g/mol. The van der Waals surface area contributed by atoms with Crippen molar-refractivity contribution in [3.8, 4) is 11.4 Å². The quantitative estimate of drug-likeness (QED) is 0.305. The number of benzene rings is 2. The predicted molar refractivity (Wildman–Crippen MR) is 114 cm³/mol. The van der Waals surface area contributed by atoms with Crippen LogP contribution in [-0.4, -0.2) is 31.8 Å². The van der Waals surface area contributed by atoms with Crippen molar-refractivity contribution in [2.45, 2.75) is 13.2 Å². The molecule has 0 fully saturated rings. The van der Waals surface area contributed by atoms with E-state index in [9.17, 15) is 34.6 Å². The number of non-ortho nitro benzene ring substituents is 2. The lowest BCUT2D eigenvalue weighted by Gasteiger charge is -2.12. The number of nitro groups is 2. The highest BCUT2D eigenvalue weighted by Crippen LogP contribution is 2.28. The molecule has 0 bridgehead atoms. The monoisotopic (exact) mass is 453 g/mol. The maximum Gasteiger partial charge on any atom is 0.412 e. The van der Waals surface area contributed by atoms with Crippen molar-refractivity contribution >= 4 is 29.4 Å². The fourth-order valence-electron chi connectivity index (χ4n) is 2.86. The number of amides is 1. The number of ether oxygens (including phenoxy) is 1. The van der Waals surface area contributed by atoms with Crippen LogP contribution >= 0.6 is 0 Å². The number of carbonyl (C=O) groups is 2. The zero-order valence-electron chi connectivity index (χ0n) is 16.7. The molecule has 2 aromatic carbocycles. The molecule has 0 aliphatic rings. The highest BCUT2D eigenvalue weighted by atomic mass is 16.6. The molecule has 0 saturated carbocycles. The van der Waals surface area contributed by atoms with Gasteiger partial charge in [-0.2, -0.15) is 0 Å². The molecule has 13 nitrogen and oxygen atoms in total. The van der Waals surface area contributed by atoms with Crippen LogP contribution in [0.4, 0.5) is 21.9 Å². The lowest BCUT2D eigenvalue weighted by atomic mass is 10.1. The Bertz CT molecular complexity index is 1260. The van der Waals surface area contributed by atoms with E-state index >= 15 is 0 Å². The molecule has 3 rings (SSSR count). The minimum atomic E-state index is -0.950. The largest absolute Gasteiger partial charge is 0.444 e. The number of hydrogen-bond acceptors (Lipinski definition) is 9. The minimum Gasteiger partial charge on any atom is -0.444 e. The number of nitrogens with zero attached hydrogens (tertiary/aromatic N) is 4. The second-order valence-electron chi connectivity index (χ2n) is 6.52. The van der Waals surface area contributed by atoms with Crippen molar-refractivity contribution in [2.24, 2.45) is 0 Å². The maximum atomic E-state index is 12.8. The number of anilines is 1. The Balaban J connectivity index is 1.94. The third kappa shape index (κ3) is 5.41. The van der Waals surface area contributed by atoms with Gasteiger partial charge >= 0.3 is 6.09 Å². The molecule has 0 aliphatic carbocycles. The van der Waals surface area contributed by atoms with E-state index in [4.69, 9.17) is 4.74 Å². The smallest absolute Gasteiger partial charge is 0.412 e. The molecule has 0 aliphatic heterocycles. The van der Waals surface area contributed by atoms with E-state index in [0.29, 0.717) is 11.8 Å². The summed E-state index contributed by atoms with van der Waals surface area (Å²) in [6.45, 7) is -0.579. The van der Waals surface area contributed by atoms with Gasteiger partial charge in [-0.25, -0.2) is 9.78 Å². The molecule has 0 atom stereocenters. The Morgan fingerprint density at radius 2 is 1.73 bits per heavy atom. The van der Waals surface area contributed by atoms with Gasteiger partial charge in [0.05, 0.1) is 28.7 Å². The third-order valence-corrected chi connectivity index (χ3v) is 4.34. The van der Waals surface area contributed by atoms with Crippen LogP contribution in [0.15, 0.2) is 59.5 Å². The molecule has 0 radical (unpaired) electrons. The molecule has 1 heterocycles. The molecule has 0 saturated heterocycles. The van der Waals surface area contributed by atoms with Crippen molar-refractivity contribution in [1.82, 2.24) is 9.55 Å². The molecule has 0 spiro atoms. The lowest BCUT2D eigenvalue weighted by molar-refractivity contribution is -0.394. The van der Waals surface area contributed by atoms with Crippen molar-refractivity contribution in [3.05, 3.63) is 90.9 Å². The molecule has 1 amide bonds. The Hall–Kier alpha value is -4.94. The average molecular weight is 453 g/mol. The van der Waals surface area contributed by atoms with Crippen molar-refractivity contribution in [1.29, 1.82) is 0 Å². The summed E-state index contributed by atoms with van der Waals surface area (Å²) in [4.78, 5) is 60.7. The molecule has 0 unspecified atom stereocenters. The van der Waals surface area contributed by atoms with Gasteiger partial charge in [-0.1, -0.05) is 30.3 Å². The number of aldehydes is 1. The van der Waals surface area contributed by atoms with Gasteiger partial charge in [-0.15, -0.1) is 0 Å².